The van der Waals surface area contributed by atoms with Gasteiger partial charge in [-0.1, -0.05) is 95.3 Å². The molecular formula is C46H67N7O12. The maximum atomic E-state index is 13.7. The van der Waals surface area contributed by atoms with E-state index < -0.39 is 120 Å². The average Bonchev–Trinajstić information content (AvgIpc) is 3.25. The van der Waals surface area contributed by atoms with Gasteiger partial charge in [0.2, 0.25) is 35.4 Å². The van der Waals surface area contributed by atoms with Gasteiger partial charge < -0.3 is 51.8 Å². The van der Waals surface area contributed by atoms with Crippen LogP contribution in [0.25, 0.3) is 0 Å². The lowest BCUT2D eigenvalue weighted by Gasteiger charge is -2.27. The Morgan fingerprint density at radius 1 is 0.800 bits per heavy atom. The summed E-state index contributed by atoms with van der Waals surface area (Å²) in [5.74, 6) is -11.9. The van der Waals surface area contributed by atoms with E-state index >= 15 is 0 Å². The third kappa shape index (κ3) is 17.3. The molecule has 1 heterocycles. The first kappa shape index (κ1) is 54.8. The van der Waals surface area contributed by atoms with Gasteiger partial charge in [-0.25, -0.2) is 9.59 Å². The van der Waals surface area contributed by atoms with Crippen molar-refractivity contribution < 1.29 is 58.1 Å². The summed E-state index contributed by atoms with van der Waals surface area (Å²) in [5.41, 5.74) is 1.42. The lowest BCUT2D eigenvalue weighted by Crippen LogP contribution is -2.58. The van der Waals surface area contributed by atoms with Crippen molar-refractivity contribution in [3.8, 4) is 0 Å². The number of carboxylic acid groups (broad SMARTS) is 2. The Labute approximate surface area is 380 Å². The molecule has 0 spiro atoms. The Morgan fingerprint density at radius 2 is 1.38 bits per heavy atom. The number of carboxylic acids is 2. The Morgan fingerprint density at radius 3 is 1.95 bits per heavy atom. The molecule has 1 saturated heterocycles. The van der Waals surface area contributed by atoms with Crippen LogP contribution in [-0.4, -0.2) is 125 Å². The van der Waals surface area contributed by atoms with Crippen LogP contribution in [0.15, 0.2) is 66.4 Å². The first-order valence-corrected chi connectivity index (χ1v) is 21.5. The van der Waals surface area contributed by atoms with Crippen molar-refractivity contribution in [1.82, 2.24) is 36.8 Å². The fraction of sp³-hybridized carbons (Fsp3) is 0.543. The fourth-order valence-corrected chi connectivity index (χ4v) is 6.82. The molecular weight excluding hydrogens is 843 g/mol. The van der Waals surface area contributed by atoms with Crippen LogP contribution in [0.5, 0.6) is 0 Å². The molecule has 19 heteroatoms. The highest BCUT2D eigenvalue weighted by molar-refractivity contribution is 6.00. The second-order valence-electron chi connectivity index (χ2n) is 17.0. The molecule has 358 valence electrons. The molecule has 1 aromatic carbocycles. The lowest BCUT2D eigenvalue weighted by molar-refractivity contribution is -0.146. The number of likely N-dealkylation sites (N-methyl/N-ethyl adjacent to an activating group) is 1. The highest BCUT2D eigenvalue weighted by Crippen LogP contribution is 2.18. The van der Waals surface area contributed by atoms with Gasteiger partial charge in [0.25, 0.3) is 5.91 Å². The molecule has 1 fully saturated rings. The zero-order valence-electron chi connectivity index (χ0n) is 38.9. The standard InChI is InChI=1S/C46H67N7O12/c1-24(2)21-35-44(60)52-38(46(63)64)28(6)40(56)47-29(7)41(57)49-33(18-17-25(3)22-26(4)36(65-11)23-32-15-13-12-14-16-32)27(5)39(55)50-34(45(61)62)19-20-37(54)53(10)31(9)43(59)48-30(8)42(58)51-35/h12-18,22,24,26-30,33-36,38H,9,19-21,23H2,1-8,10-11H3,(H,47,56)(H,48,59)(H,49,57)(H,50,55)(H,51,58)(H,52,60)(H,61,62)(H,63,64)/t26-,27-,28-,29-,30+,33-,34+,35-,36-,38+/m0/s1. The minimum Gasteiger partial charge on any atom is -0.480 e. The minimum absolute atomic E-state index is 0.0331. The highest BCUT2D eigenvalue weighted by Gasteiger charge is 2.37. The summed E-state index contributed by atoms with van der Waals surface area (Å²) in [6.45, 7) is 16.2. The number of hydrogen-bond acceptors (Lipinski definition) is 10. The highest BCUT2D eigenvalue weighted by atomic mass is 16.5. The number of aliphatic carboxylic acids is 2. The first-order valence-electron chi connectivity index (χ1n) is 21.5. The quantitative estimate of drug-likeness (QED) is 0.116. The number of nitrogens with zero attached hydrogens (tertiary/aromatic N) is 1. The molecule has 1 aliphatic heterocycles. The van der Waals surface area contributed by atoms with Crippen LogP contribution in [0, 0.1) is 23.7 Å². The van der Waals surface area contributed by atoms with E-state index in [2.05, 4.69) is 38.5 Å². The number of methoxy groups -OCH3 is 1. The van der Waals surface area contributed by atoms with Gasteiger partial charge in [-0.3, -0.25) is 33.6 Å². The molecule has 7 amide bonds. The minimum atomic E-state index is -1.82. The van der Waals surface area contributed by atoms with Crippen molar-refractivity contribution in [3.05, 3.63) is 72.0 Å². The Balaban J connectivity index is 2.57. The second kappa shape index (κ2) is 25.8. The van der Waals surface area contributed by atoms with Gasteiger partial charge in [0, 0.05) is 26.5 Å². The maximum Gasteiger partial charge on any atom is 0.327 e. The molecule has 19 nitrogen and oxygen atoms in total. The number of rotatable bonds is 11. The molecule has 1 aromatic rings. The molecule has 8 N–H and O–H groups in total. The molecule has 0 aliphatic carbocycles. The number of hydrogen-bond donors (Lipinski definition) is 8. The Kier molecular flexibility index (Phi) is 21.7. The molecule has 10 atom stereocenters. The summed E-state index contributed by atoms with van der Waals surface area (Å²) in [6.07, 6.45) is 4.78. The normalized spacial score (nSPS) is 26.7. The van der Waals surface area contributed by atoms with E-state index in [0.717, 1.165) is 16.0 Å². The number of carbonyl (C=O) groups excluding carboxylic acids is 7. The van der Waals surface area contributed by atoms with E-state index in [4.69, 9.17) is 4.74 Å². The van der Waals surface area contributed by atoms with Crippen LogP contribution >= 0.6 is 0 Å². The van der Waals surface area contributed by atoms with E-state index in [1.54, 1.807) is 27.0 Å². The first-order chi connectivity index (χ1) is 30.4. The predicted molar refractivity (Wildman–Crippen MR) is 240 cm³/mol. The second-order valence-corrected chi connectivity index (χ2v) is 17.0. The van der Waals surface area contributed by atoms with Gasteiger partial charge in [-0.2, -0.15) is 0 Å². The number of ether oxygens (including phenoxy) is 1. The van der Waals surface area contributed by atoms with Crippen molar-refractivity contribution in [2.24, 2.45) is 23.7 Å². The van der Waals surface area contributed by atoms with E-state index in [1.165, 1.54) is 40.8 Å². The molecule has 65 heavy (non-hydrogen) atoms. The zero-order valence-corrected chi connectivity index (χ0v) is 38.9. The number of amides is 7. The van der Waals surface area contributed by atoms with Crippen LogP contribution in [0.3, 0.4) is 0 Å². The summed E-state index contributed by atoms with van der Waals surface area (Å²) < 4.78 is 5.78. The fourth-order valence-electron chi connectivity index (χ4n) is 6.82. The molecule has 0 aromatic heterocycles. The van der Waals surface area contributed by atoms with Crippen LogP contribution < -0.4 is 31.9 Å². The van der Waals surface area contributed by atoms with Gasteiger partial charge in [-0.05, 0) is 51.5 Å². The third-order valence-corrected chi connectivity index (χ3v) is 11.1. The maximum absolute atomic E-state index is 13.7. The van der Waals surface area contributed by atoms with Gasteiger partial charge >= 0.3 is 11.9 Å². The zero-order chi connectivity index (χ0) is 49.3. The monoisotopic (exact) mass is 909 g/mol. The summed E-state index contributed by atoms with van der Waals surface area (Å²) in [5, 5.41) is 35.0. The molecule has 0 unspecified atom stereocenters. The summed E-state index contributed by atoms with van der Waals surface area (Å²) in [7, 11) is 2.84. The van der Waals surface area contributed by atoms with Gasteiger partial charge in [0.1, 0.15) is 35.9 Å². The third-order valence-electron chi connectivity index (χ3n) is 11.1. The Hall–Kier alpha value is -6.37. The van der Waals surface area contributed by atoms with Crippen LogP contribution in [-0.2, 0) is 54.3 Å². The molecule has 2 rings (SSSR count). The van der Waals surface area contributed by atoms with E-state index in [0.29, 0.717) is 6.42 Å². The van der Waals surface area contributed by atoms with Crippen LogP contribution in [0.4, 0.5) is 0 Å². The topological polar surface area (TPSA) is 279 Å². The van der Waals surface area contributed by atoms with Crippen molar-refractivity contribution >= 4 is 53.3 Å². The average molecular weight is 910 g/mol. The molecule has 1 aliphatic rings. The largest absolute Gasteiger partial charge is 0.480 e. The van der Waals surface area contributed by atoms with E-state index in [9.17, 15) is 53.4 Å². The van der Waals surface area contributed by atoms with E-state index in [-0.39, 0.29) is 24.4 Å². The summed E-state index contributed by atoms with van der Waals surface area (Å²) in [6, 6.07) is 1.35. The van der Waals surface area contributed by atoms with Gasteiger partial charge in [0.15, 0.2) is 0 Å². The summed E-state index contributed by atoms with van der Waals surface area (Å²) in [4.78, 5) is 120. The predicted octanol–water partition coefficient (Wildman–Crippen LogP) is 1.58. The number of nitrogens with one attached hydrogen (secondary N) is 6. The summed E-state index contributed by atoms with van der Waals surface area (Å²) >= 11 is 0. The van der Waals surface area contributed by atoms with Crippen LogP contribution in [0.1, 0.15) is 80.2 Å². The van der Waals surface area contributed by atoms with Crippen molar-refractivity contribution in [3.63, 3.8) is 0 Å². The Bertz CT molecular complexity index is 1970. The van der Waals surface area contributed by atoms with Gasteiger partial charge in [-0.15, -0.1) is 0 Å². The lowest BCUT2D eigenvalue weighted by atomic mass is 9.94. The van der Waals surface area contributed by atoms with Crippen molar-refractivity contribution in [2.45, 2.75) is 123 Å². The smallest absolute Gasteiger partial charge is 0.327 e. The van der Waals surface area contributed by atoms with E-state index in [1.807, 2.05) is 50.3 Å². The number of benzene rings is 1. The number of carbonyl (C=O) groups is 9. The SMILES string of the molecule is C=C1C(=O)N[C@H](C)C(=O)N[C@@H](CC(C)C)C(=O)N[C@@H](C(=O)O)[C@H](C)C(=O)N[C@@H](C)C(=O)N[C@@H](C=CC(C)=C[C@H](C)[C@H](Cc2ccccc2)OC)[C@H](C)C(=O)N[C@@H](C(=O)O)CCC(=O)N1C. The van der Waals surface area contributed by atoms with Gasteiger partial charge in [0.05, 0.1) is 24.0 Å². The van der Waals surface area contributed by atoms with Crippen molar-refractivity contribution in [1.29, 1.82) is 0 Å². The van der Waals surface area contributed by atoms with Crippen LogP contribution in [0.2, 0.25) is 0 Å². The number of allylic oxidation sites excluding steroid dienone is 2. The van der Waals surface area contributed by atoms with Crippen molar-refractivity contribution in [2.75, 3.05) is 14.2 Å². The molecule has 0 saturated carbocycles. The molecule has 0 bridgehead atoms. The molecule has 0 radical (unpaired) electrons.